The number of hydrogen-bond donors (Lipinski definition) is 2. The van der Waals surface area contributed by atoms with Crippen LogP contribution in [0.25, 0.3) is 0 Å². The molecule has 0 fully saturated rings. The summed E-state index contributed by atoms with van der Waals surface area (Å²) < 4.78 is 10.8. The summed E-state index contributed by atoms with van der Waals surface area (Å²) in [4.78, 5) is 0. The Morgan fingerprint density at radius 1 is 1.50 bits per heavy atom. The zero-order valence-corrected chi connectivity index (χ0v) is 10.9. The second-order valence-corrected chi connectivity index (χ2v) is 4.81. The fraction of sp³-hybridized carbons (Fsp3) is 0.571. The van der Waals surface area contributed by atoms with E-state index in [1.807, 2.05) is 18.2 Å². The standard InChI is InChI=1S/C14H21NO3/c1-10-8-18-13-6-4-3-5-12(13)14(10)15-11(7-16)9-17-2/h3-6,10-11,14-16H,7-9H2,1-2H3. The van der Waals surface area contributed by atoms with Crippen LogP contribution in [0, 0.1) is 5.92 Å². The van der Waals surface area contributed by atoms with Gasteiger partial charge in [-0.25, -0.2) is 0 Å². The van der Waals surface area contributed by atoms with Gasteiger partial charge in [0.25, 0.3) is 0 Å². The van der Waals surface area contributed by atoms with E-state index in [2.05, 4.69) is 18.3 Å². The van der Waals surface area contributed by atoms with Gasteiger partial charge in [-0.2, -0.15) is 0 Å². The molecular formula is C14H21NO3. The molecule has 18 heavy (non-hydrogen) atoms. The Kier molecular flexibility index (Phi) is 4.58. The van der Waals surface area contributed by atoms with Crippen molar-refractivity contribution in [3.05, 3.63) is 29.8 Å². The first-order valence-electron chi connectivity index (χ1n) is 6.33. The number of ether oxygens (including phenoxy) is 2. The maximum atomic E-state index is 9.35. The smallest absolute Gasteiger partial charge is 0.124 e. The molecule has 100 valence electrons. The highest BCUT2D eigenvalue weighted by molar-refractivity contribution is 5.38. The second kappa shape index (κ2) is 6.18. The van der Waals surface area contributed by atoms with E-state index < -0.39 is 0 Å². The highest BCUT2D eigenvalue weighted by Crippen LogP contribution is 2.35. The Morgan fingerprint density at radius 2 is 2.28 bits per heavy atom. The van der Waals surface area contributed by atoms with E-state index >= 15 is 0 Å². The van der Waals surface area contributed by atoms with Gasteiger partial charge < -0.3 is 19.9 Å². The predicted octanol–water partition coefficient (Wildman–Crippen LogP) is 1.35. The number of para-hydroxylation sites is 1. The summed E-state index contributed by atoms with van der Waals surface area (Å²) in [7, 11) is 1.64. The molecule has 0 bridgehead atoms. The molecule has 1 aromatic carbocycles. The molecule has 4 heteroatoms. The van der Waals surface area contributed by atoms with Crippen molar-refractivity contribution in [2.75, 3.05) is 26.9 Å². The summed E-state index contributed by atoms with van der Waals surface area (Å²) in [5, 5.41) is 12.8. The fourth-order valence-electron chi connectivity index (χ4n) is 2.36. The number of hydrogen-bond acceptors (Lipinski definition) is 4. The molecule has 2 rings (SSSR count). The number of aliphatic hydroxyl groups is 1. The van der Waals surface area contributed by atoms with E-state index in [0.717, 1.165) is 11.3 Å². The Bertz CT molecular complexity index is 383. The van der Waals surface area contributed by atoms with Crippen molar-refractivity contribution < 1.29 is 14.6 Å². The number of nitrogens with one attached hydrogen (secondary N) is 1. The molecule has 0 saturated carbocycles. The lowest BCUT2D eigenvalue weighted by Crippen LogP contribution is -2.43. The minimum atomic E-state index is -0.0476. The van der Waals surface area contributed by atoms with E-state index in [0.29, 0.717) is 19.1 Å². The second-order valence-electron chi connectivity index (χ2n) is 4.81. The van der Waals surface area contributed by atoms with Crippen LogP contribution in [-0.4, -0.2) is 38.1 Å². The summed E-state index contributed by atoms with van der Waals surface area (Å²) in [6.45, 7) is 3.41. The van der Waals surface area contributed by atoms with E-state index in [1.54, 1.807) is 7.11 Å². The fourth-order valence-corrected chi connectivity index (χ4v) is 2.36. The average molecular weight is 251 g/mol. The van der Waals surface area contributed by atoms with Crippen LogP contribution in [0.3, 0.4) is 0 Å². The zero-order valence-electron chi connectivity index (χ0n) is 10.9. The molecule has 1 aliphatic rings. The highest BCUT2D eigenvalue weighted by atomic mass is 16.5. The van der Waals surface area contributed by atoms with Crippen LogP contribution in [0.4, 0.5) is 0 Å². The highest BCUT2D eigenvalue weighted by Gasteiger charge is 2.29. The van der Waals surface area contributed by atoms with E-state index in [-0.39, 0.29) is 18.7 Å². The molecule has 0 aromatic heterocycles. The molecule has 0 saturated heterocycles. The van der Waals surface area contributed by atoms with E-state index in [1.165, 1.54) is 0 Å². The SMILES string of the molecule is COCC(CO)NC1c2ccccc2OCC1C. The van der Waals surface area contributed by atoms with Crippen molar-refractivity contribution in [3.8, 4) is 5.75 Å². The number of aliphatic hydroxyl groups excluding tert-OH is 1. The van der Waals surface area contributed by atoms with Crippen LogP contribution in [0.5, 0.6) is 5.75 Å². The molecule has 1 heterocycles. The molecule has 1 aromatic rings. The number of methoxy groups -OCH3 is 1. The molecule has 0 aliphatic carbocycles. The number of benzene rings is 1. The van der Waals surface area contributed by atoms with Crippen molar-refractivity contribution in [3.63, 3.8) is 0 Å². The quantitative estimate of drug-likeness (QED) is 0.829. The predicted molar refractivity (Wildman–Crippen MR) is 69.7 cm³/mol. The Labute approximate surface area is 108 Å². The molecule has 4 nitrogen and oxygen atoms in total. The molecule has 3 unspecified atom stereocenters. The minimum absolute atomic E-state index is 0.0476. The van der Waals surface area contributed by atoms with E-state index in [9.17, 15) is 5.11 Å². The average Bonchev–Trinajstić information content (AvgIpc) is 2.41. The molecule has 0 radical (unpaired) electrons. The molecule has 0 amide bonds. The van der Waals surface area contributed by atoms with Crippen molar-refractivity contribution >= 4 is 0 Å². The van der Waals surface area contributed by atoms with Crippen LogP contribution in [0.15, 0.2) is 24.3 Å². The van der Waals surface area contributed by atoms with Gasteiger partial charge >= 0.3 is 0 Å². The lowest BCUT2D eigenvalue weighted by Gasteiger charge is -2.34. The van der Waals surface area contributed by atoms with Crippen LogP contribution in [0.1, 0.15) is 18.5 Å². The lowest BCUT2D eigenvalue weighted by atomic mass is 9.91. The monoisotopic (exact) mass is 251 g/mol. The van der Waals surface area contributed by atoms with Crippen molar-refractivity contribution in [1.29, 1.82) is 0 Å². The third-order valence-corrected chi connectivity index (χ3v) is 3.33. The molecular weight excluding hydrogens is 230 g/mol. The van der Waals surface area contributed by atoms with Crippen LogP contribution in [0.2, 0.25) is 0 Å². The first-order chi connectivity index (χ1) is 8.76. The largest absolute Gasteiger partial charge is 0.493 e. The topological polar surface area (TPSA) is 50.7 Å². The summed E-state index contributed by atoms with van der Waals surface area (Å²) in [6, 6.07) is 8.20. The third-order valence-electron chi connectivity index (χ3n) is 3.33. The molecule has 2 N–H and O–H groups in total. The maximum absolute atomic E-state index is 9.35. The van der Waals surface area contributed by atoms with Gasteiger partial charge in [0, 0.05) is 24.6 Å². The molecule has 1 aliphatic heterocycles. The normalized spacial score (nSPS) is 24.2. The third kappa shape index (κ3) is 2.83. The Morgan fingerprint density at radius 3 is 3.00 bits per heavy atom. The van der Waals surface area contributed by atoms with Gasteiger partial charge in [-0.1, -0.05) is 25.1 Å². The summed E-state index contributed by atoms with van der Waals surface area (Å²) in [6.07, 6.45) is 0. The maximum Gasteiger partial charge on any atom is 0.124 e. The lowest BCUT2D eigenvalue weighted by molar-refractivity contribution is 0.104. The van der Waals surface area contributed by atoms with Crippen LogP contribution >= 0.6 is 0 Å². The van der Waals surface area contributed by atoms with Crippen molar-refractivity contribution in [2.24, 2.45) is 5.92 Å². The summed E-state index contributed by atoms with van der Waals surface area (Å²) in [5.41, 5.74) is 1.16. The first kappa shape index (κ1) is 13.3. The van der Waals surface area contributed by atoms with Gasteiger partial charge in [0.1, 0.15) is 5.75 Å². The molecule has 0 spiro atoms. The van der Waals surface area contributed by atoms with Crippen molar-refractivity contribution in [1.82, 2.24) is 5.32 Å². The number of fused-ring (bicyclic) bond motifs is 1. The van der Waals surface area contributed by atoms with Crippen molar-refractivity contribution in [2.45, 2.75) is 19.0 Å². The van der Waals surface area contributed by atoms with Gasteiger partial charge in [-0.15, -0.1) is 0 Å². The van der Waals surface area contributed by atoms with E-state index in [4.69, 9.17) is 9.47 Å². The van der Waals surface area contributed by atoms with Gasteiger partial charge in [0.15, 0.2) is 0 Å². The van der Waals surface area contributed by atoms with Gasteiger partial charge in [0.2, 0.25) is 0 Å². The van der Waals surface area contributed by atoms with Gasteiger partial charge in [-0.3, -0.25) is 0 Å². The Hall–Kier alpha value is -1.10. The summed E-state index contributed by atoms with van der Waals surface area (Å²) in [5.74, 6) is 1.30. The van der Waals surface area contributed by atoms with Gasteiger partial charge in [-0.05, 0) is 6.07 Å². The summed E-state index contributed by atoms with van der Waals surface area (Å²) >= 11 is 0. The van der Waals surface area contributed by atoms with Crippen LogP contribution in [-0.2, 0) is 4.74 Å². The Balaban J connectivity index is 2.15. The minimum Gasteiger partial charge on any atom is -0.493 e. The van der Waals surface area contributed by atoms with Crippen LogP contribution < -0.4 is 10.1 Å². The zero-order chi connectivity index (χ0) is 13.0. The number of rotatable bonds is 5. The van der Waals surface area contributed by atoms with Gasteiger partial charge in [0.05, 0.1) is 25.9 Å². The molecule has 3 atom stereocenters. The first-order valence-corrected chi connectivity index (χ1v) is 6.33.